The Morgan fingerprint density at radius 2 is 2.33 bits per heavy atom. The molecule has 0 unspecified atom stereocenters. The van der Waals surface area contributed by atoms with Gasteiger partial charge in [0.1, 0.15) is 12.6 Å². The number of aryl methyl sites for hydroxylation is 1. The molecule has 1 N–H and O–H groups in total. The van der Waals surface area contributed by atoms with Gasteiger partial charge < -0.3 is 5.11 Å². The van der Waals surface area contributed by atoms with Crippen LogP contribution in [-0.4, -0.2) is 11.1 Å². The van der Waals surface area contributed by atoms with Crippen molar-refractivity contribution in [2.45, 2.75) is 13.3 Å². The normalized spacial score (nSPS) is 9.83. The topological polar surface area (TPSA) is 41.2 Å². The van der Waals surface area contributed by atoms with Crippen molar-refractivity contribution >= 4 is 5.97 Å². The molecule has 0 saturated carbocycles. The summed E-state index contributed by atoms with van der Waals surface area (Å²) in [6.07, 6.45) is 2.59. The second-order valence-electron chi connectivity index (χ2n) is 2.64. The van der Waals surface area contributed by atoms with E-state index in [2.05, 4.69) is 0 Å². The van der Waals surface area contributed by atoms with Gasteiger partial charge in [-0.05, 0) is 6.07 Å². The van der Waals surface area contributed by atoms with E-state index in [9.17, 15) is 4.79 Å². The van der Waals surface area contributed by atoms with E-state index in [4.69, 9.17) is 5.11 Å². The minimum Gasteiger partial charge on any atom is -0.477 e. The Hall–Kier alpha value is -1.38. The van der Waals surface area contributed by atoms with Gasteiger partial charge in [0.2, 0.25) is 0 Å². The molecule has 0 aliphatic carbocycles. The van der Waals surface area contributed by atoms with Crippen molar-refractivity contribution in [1.82, 2.24) is 0 Å². The van der Waals surface area contributed by atoms with Crippen molar-refractivity contribution in [3.63, 3.8) is 0 Å². The van der Waals surface area contributed by atoms with E-state index in [1.807, 2.05) is 24.7 Å². The monoisotopic (exact) mass is 166 g/mol. The Morgan fingerprint density at radius 3 is 2.75 bits per heavy atom. The fraction of sp³-hybridized carbons (Fsp3) is 0.333. The van der Waals surface area contributed by atoms with E-state index in [0.29, 0.717) is 5.56 Å². The maximum absolute atomic E-state index is 10.7. The van der Waals surface area contributed by atoms with Gasteiger partial charge in [-0.15, -0.1) is 0 Å². The lowest BCUT2D eigenvalue weighted by molar-refractivity contribution is -0.679. The quantitative estimate of drug-likeness (QED) is 0.659. The Kier molecular flexibility index (Phi) is 2.43. The highest BCUT2D eigenvalue weighted by molar-refractivity contribution is 5.88. The van der Waals surface area contributed by atoms with E-state index in [1.165, 1.54) is 0 Å². The van der Waals surface area contributed by atoms with Crippen LogP contribution in [0.2, 0.25) is 0 Å². The maximum atomic E-state index is 10.7. The van der Waals surface area contributed by atoms with Crippen LogP contribution in [0.3, 0.4) is 0 Å². The van der Waals surface area contributed by atoms with Gasteiger partial charge in [0.25, 0.3) is 0 Å². The Bertz CT molecular complexity index is 307. The van der Waals surface area contributed by atoms with Gasteiger partial charge in [0.05, 0.1) is 0 Å². The summed E-state index contributed by atoms with van der Waals surface area (Å²) in [5, 5.41) is 8.81. The summed E-state index contributed by atoms with van der Waals surface area (Å²) in [4.78, 5) is 10.7. The summed E-state index contributed by atoms with van der Waals surface area (Å²) in [6, 6.07) is 3.36. The zero-order valence-corrected chi connectivity index (χ0v) is 7.24. The average molecular weight is 166 g/mol. The highest BCUT2D eigenvalue weighted by Gasteiger charge is 2.15. The number of rotatable bonds is 2. The van der Waals surface area contributed by atoms with Crippen LogP contribution < -0.4 is 4.57 Å². The first-order valence-electron chi connectivity index (χ1n) is 3.87. The van der Waals surface area contributed by atoms with Crippen molar-refractivity contribution < 1.29 is 14.5 Å². The van der Waals surface area contributed by atoms with Crippen molar-refractivity contribution in [2.24, 2.45) is 7.05 Å². The molecule has 0 aliphatic heterocycles. The van der Waals surface area contributed by atoms with E-state index >= 15 is 0 Å². The fourth-order valence-corrected chi connectivity index (χ4v) is 1.28. The van der Waals surface area contributed by atoms with Gasteiger partial charge in [-0.3, -0.25) is 0 Å². The lowest BCUT2D eigenvalue weighted by Crippen LogP contribution is -2.34. The molecular formula is C9H12NO2+. The summed E-state index contributed by atoms with van der Waals surface area (Å²) in [5.41, 5.74) is 1.24. The predicted octanol–water partition coefficient (Wildman–Crippen LogP) is 0.772. The molecule has 1 aromatic heterocycles. The van der Waals surface area contributed by atoms with Crippen molar-refractivity contribution in [3.8, 4) is 0 Å². The number of aromatic nitrogens is 1. The molecule has 0 amide bonds. The summed E-state index contributed by atoms with van der Waals surface area (Å²) in [6.45, 7) is 1.95. The van der Waals surface area contributed by atoms with Crippen LogP contribution in [-0.2, 0) is 13.5 Å². The number of nitrogens with zero attached hydrogens (tertiary/aromatic N) is 1. The number of carboxylic acids is 1. The van der Waals surface area contributed by atoms with E-state index in [0.717, 1.165) is 12.1 Å². The van der Waals surface area contributed by atoms with Crippen LogP contribution in [0.25, 0.3) is 0 Å². The number of aromatic carboxylic acids is 1. The molecule has 0 aromatic carbocycles. The third kappa shape index (κ3) is 1.44. The number of pyridine rings is 1. The van der Waals surface area contributed by atoms with Gasteiger partial charge in [-0.1, -0.05) is 6.92 Å². The fourth-order valence-electron chi connectivity index (χ4n) is 1.28. The lowest BCUT2D eigenvalue weighted by Gasteiger charge is -1.99. The van der Waals surface area contributed by atoms with Crippen LogP contribution in [0.5, 0.6) is 0 Å². The minimum atomic E-state index is -0.858. The molecule has 64 valence electrons. The molecule has 3 nitrogen and oxygen atoms in total. The Labute approximate surface area is 71.3 Å². The number of carboxylic acid groups (broad SMARTS) is 1. The number of hydrogen-bond acceptors (Lipinski definition) is 1. The van der Waals surface area contributed by atoms with Crippen LogP contribution in [0.1, 0.15) is 23.0 Å². The number of hydrogen-bond donors (Lipinski definition) is 1. The molecule has 1 aromatic rings. The summed E-state index contributed by atoms with van der Waals surface area (Å²) in [5.74, 6) is -0.858. The van der Waals surface area contributed by atoms with Crippen LogP contribution in [0.15, 0.2) is 18.3 Å². The molecule has 0 fully saturated rings. The second kappa shape index (κ2) is 3.34. The molecule has 0 radical (unpaired) electrons. The molecule has 0 bridgehead atoms. The molecule has 1 heterocycles. The summed E-state index contributed by atoms with van der Waals surface area (Å²) in [7, 11) is 1.85. The molecule has 12 heavy (non-hydrogen) atoms. The molecular weight excluding hydrogens is 154 g/mol. The molecule has 0 aliphatic rings. The third-order valence-electron chi connectivity index (χ3n) is 1.87. The molecule has 1 rings (SSSR count). The van der Waals surface area contributed by atoms with Crippen molar-refractivity contribution in [1.29, 1.82) is 0 Å². The van der Waals surface area contributed by atoms with Gasteiger partial charge in [-0.25, -0.2) is 9.36 Å². The first-order valence-corrected chi connectivity index (χ1v) is 3.87. The van der Waals surface area contributed by atoms with Crippen molar-refractivity contribution in [3.05, 3.63) is 29.6 Å². The zero-order valence-electron chi connectivity index (χ0n) is 7.24. The summed E-state index contributed by atoms with van der Waals surface area (Å²) >= 11 is 0. The standard InChI is InChI=1S/C9H11NO2/c1-3-8-7(9(11)12)5-4-6-10(8)2/h4-6H,3H2,1-2H3/p+1. The maximum Gasteiger partial charge on any atom is 0.342 e. The lowest BCUT2D eigenvalue weighted by atomic mass is 10.1. The molecule has 0 spiro atoms. The third-order valence-corrected chi connectivity index (χ3v) is 1.87. The van der Waals surface area contributed by atoms with Crippen LogP contribution in [0, 0.1) is 0 Å². The molecule has 0 saturated heterocycles. The van der Waals surface area contributed by atoms with Crippen LogP contribution in [0.4, 0.5) is 0 Å². The van der Waals surface area contributed by atoms with Gasteiger partial charge >= 0.3 is 5.97 Å². The molecule has 0 atom stereocenters. The predicted molar refractivity (Wildman–Crippen MR) is 44.0 cm³/mol. The first kappa shape index (κ1) is 8.71. The Morgan fingerprint density at radius 1 is 1.67 bits per heavy atom. The zero-order chi connectivity index (χ0) is 9.14. The largest absolute Gasteiger partial charge is 0.477 e. The smallest absolute Gasteiger partial charge is 0.342 e. The van der Waals surface area contributed by atoms with Gasteiger partial charge in [0, 0.05) is 12.5 Å². The number of carbonyl (C=O) groups is 1. The van der Waals surface area contributed by atoms with Gasteiger partial charge in [-0.2, -0.15) is 0 Å². The highest BCUT2D eigenvalue weighted by Crippen LogP contribution is 2.03. The first-order chi connectivity index (χ1) is 5.66. The van der Waals surface area contributed by atoms with E-state index in [1.54, 1.807) is 12.1 Å². The second-order valence-corrected chi connectivity index (χ2v) is 2.64. The summed E-state index contributed by atoms with van der Waals surface area (Å²) < 4.78 is 1.84. The SMILES string of the molecule is CCc1c(C(=O)O)ccc[n+]1C. The average Bonchev–Trinajstić information content (AvgIpc) is 2.03. The van der Waals surface area contributed by atoms with E-state index in [-0.39, 0.29) is 0 Å². The van der Waals surface area contributed by atoms with Crippen LogP contribution >= 0.6 is 0 Å². The van der Waals surface area contributed by atoms with Crippen molar-refractivity contribution in [2.75, 3.05) is 0 Å². The molecule has 3 heteroatoms. The minimum absolute atomic E-state index is 0.391. The van der Waals surface area contributed by atoms with Gasteiger partial charge in [0.15, 0.2) is 11.9 Å². The Balaban J connectivity index is 3.27. The highest BCUT2D eigenvalue weighted by atomic mass is 16.4. The van der Waals surface area contributed by atoms with E-state index < -0.39 is 5.97 Å².